The minimum absolute atomic E-state index is 0.0845. The molecule has 0 aliphatic carbocycles. The van der Waals surface area contributed by atoms with Gasteiger partial charge in [-0.3, -0.25) is 9.59 Å². The lowest BCUT2D eigenvalue weighted by molar-refractivity contribution is -0.139. The van der Waals surface area contributed by atoms with Crippen LogP contribution in [0.15, 0.2) is 18.2 Å². The Hall–Kier alpha value is -1.66. The normalized spacial score (nSPS) is 23.2. The third kappa shape index (κ3) is 3.05. The van der Waals surface area contributed by atoms with E-state index >= 15 is 0 Å². The molecule has 2 aliphatic heterocycles. The second-order valence-corrected chi connectivity index (χ2v) is 6.77. The van der Waals surface area contributed by atoms with Crippen molar-refractivity contribution >= 4 is 23.5 Å². The molecule has 23 heavy (non-hydrogen) atoms. The first kappa shape index (κ1) is 16.2. The Bertz CT molecular complexity index is 624. The van der Waals surface area contributed by atoms with E-state index in [2.05, 4.69) is 5.32 Å². The van der Waals surface area contributed by atoms with Gasteiger partial charge in [-0.05, 0) is 36.8 Å². The van der Waals surface area contributed by atoms with Crippen LogP contribution in [0.1, 0.15) is 29.6 Å². The van der Waals surface area contributed by atoms with Crippen molar-refractivity contribution in [2.45, 2.75) is 25.3 Å². The summed E-state index contributed by atoms with van der Waals surface area (Å²) in [5.41, 5.74) is -0.170. The summed E-state index contributed by atoms with van der Waals surface area (Å²) in [6.07, 6.45) is 1.99. The zero-order valence-corrected chi connectivity index (χ0v) is 13.3. The van der Waals surface area contributed by atoms with Crippen LogP contribution in [0.2, 0.25) is 5.02 Å². The van der Waals surface area contributed by atoms with Gasteiger partial charge in [-0.1, -0.05) is 17.7 Å². The largest absolute Gasteiger partial charge is 0.480 e. The van der Waals surface area contributed by atoms with Crippen molar-refractivity contribution in [3.63, 3.8) is 0 Å². The van der Waals surface area contributed by atoms with Crippen molar-refractivity contribution in [3.8, 4) is 0 Å². The van der Waals surface area contributed by atoms with Gasteiger partial charge in [0.1, 0.15) is 11.9 Å². The van der Waals surface area contributed by atoms with Crippen molar-refractivity contribution in [1.29, 1.82) is 0 Å². The number of hydrogen-bond acceptors (Lipinski definition) is 3. The van der Waals surface area contributed by atoms with E-state index in [1.165, 1.54) is 18.2 Å². The molecule has 124 valence electrons. The van der Waals surface area contributed by atoms with Crippen LogP contribution in [0.3, 0.4) is 0 Å². The second-order valence-electron chi connectivity index (χ2n) is 6.36. The molecule has 0 unspecified atom stereocenters. The standard InChI is InChI=1S/C16H18ClFN2O3/c17-10-2-1-3-11(18)13(10)14(21)20-6-4-16(5-7-20)8-12(15(22)23)19-9-16/h1-3,12,19H,4-9H2,(H,22,23)/t12-/m1/s1. The highest BCUT2D eigenvalue weighted by atomic mass is 35.5. The van der Waals surface area contributed by atoms with E-state index < -0.39 is 23.7 Å². The average molecular weight is 341 g/mol. The Balaban J connectivity index is 1.68. The number of carbonyl (C=O) groups excluding carboxylic acids is 1. The Morgan fingerprint density at radius 2 is 2.04 bits per heavy atom. The third-order valence-electron chi connectivity index (χ3n) is 4.95. The molecule has 1 amide bonds. The molecule has 0 saturated carbocycles. The number of amides is 1. The van der Waals surface area contributed by atoms with E-state index in [4.69, 9.17) is 16.7 Å². The van der Waals surface area contributed by atoms with Gasteiger partial charge in [0, 0.05) is 19.6 Å². The first-order valence-corrected chi connectivity index (χ1v) is 7.99. The molecule has 1 atom stereocenters. The molecule has 5 nitrogen and oxygen atoms in total. The third-order valence-corrected chi connectivity index (χ3v) is 5.26. The van der Waals surface area contributed by atoms with Crippen LogP contribution in [0.5, 0.6) is 0 Å². The summed E-state index contributed by atoms with van der Waals surface area (Å²) in [4.78, 5) is 25.2. The van der Waals surface area contributed by atoms with Crippen LogP contribution in [0, 0.1) is 11.2 Å². The molecule has 7 heteroatoms. The lowest BCUT2D eigenvalue weighted by atomic mass is 9.76. The zero-order valence-electron chi connectivity index (χ0n) is 12.5. The number of likely N-dealkylation sites (tertiary alicyclic amines) is 1. The molecule has 2 heterocycles. The van der Waals surface area contributed by atoms with Crippen LogP contribution >= 0.6 is 11.6 Å². The molecule has 0 radical (unpaired) electrons. The van der Waals surface area contributed by atoms with Crippen LogP contribution in [-0.4, -0.2) is 47.6 Å². The fraction of sp³-hybridized carbons (Fsp3) is 0.500. The van der Waals surface area contributed by atoms with E-state index in [0.717, 1.165) is 0 Å². The van der Waals surface area contributed by atoms with E-state index in [1.54, 1.807) is 4.90 Å². The Kier molecular flexibility index (Phi) is 4.29. The van der Waals surface area contributed by atoms with Crippen LogP contribution in [0.25, 0.3) is 0 Å². The monoisotopic (exact) mass is 340 g/mol. The van der Waals surface area contributed by atoms with Gasteiger partial charge in [-0.15, -0.1) is 0 Å². The number of carboxylic acids is 1. The molecule has 1 spiro atoms. The lowest BCUT2D eigenvalue weighted by Crippen LogP contribution is -2.44. The fourth-order valence-corrected chi connectivity index (χ4v) is 3.76. The minimum atomic E-state index is -0.835. The van der Waals surface area contributed by atoms with Gasteiger partial charge in [-0.2, -0.15) is 0 Å². The van der Waals surface area contributed by atoms with Crippen molar-refractivity contribution in [2.24, 2.45) is 5.41 Å². The van der Waals surface area contributed by atoms with Crippen LogP contribution in [-0.2, 0) is 4.79 Å². The topological polar surface area (TPSA) is 69.6 Å². The second kappa shape index (κ2) is 6.09. The number of carbonyl (C=O) groups is 2. The summed E-state index contributed by atoms with van der Waals surface area (Å²) in [6, 6.07) is 3.68. The smallest absolute Gasteiger partial charge is 0.320 e. The van der Waals surface area contributed by atoms with Gasteiger partial charge in [0.15, 0.2) is 0 Å². The summed E-state index contributed by atoms with van der Waals surface area (Å²) < 4.78 is 13.9. The first-order valence-electron chi connectivity index (χ1n) is 7.61. The molecule has 1 aromatic rings. The summed E-state index contributed by atoms with van der Waals surface area (Å²) in [5, 5.41) is 12.2. The summed E-state index contributed by atoms with van der Waals surface area (Å²) in [7, 11) is 0. The maximum absolute atomic E-state index is 13.9. The summed E-state index contributed by atoms with van der Waals surface area (Å²) in [5.74, 6) is -1.85. The zero-order chi connectivity index (χ0) is 16.6. The number of nitrogens with zero attached hydrogens (tertiary/aromatic N) is 1. The highest BCUT2D eigenvalue weighted by molar-refractivity contribution is 6.33. The molecule has 3 rings (SSSR count). The molecule has 0 bridgehead atoms. The Labute approximate surface area is 138 Å². The van der Waals surface area contributed by atoms with Gasteiger partial charge < -0.3 is 15.3 Å². The van der Waals surface area contributed by atoms with Crippen molar-refractivity contribution in [2.75, 3.05) is 19.6 Å². The van der Waals surface area contributed by atoms with Gasteiger partial charge in [0.25, 0.3) is 5.91 Å². The number of piperidine rings is 1. The van der Waals surface area contributed by atoms with E-state index in [9.17, 15) is 14.0 Å². The maximum Gasteiger partial charge on any atom is 0.320 e. The molecular formula is C16H18ClFN2O3. The van der Waals surface area contributed by atoms with Gasteiger partial charge in [0.05, 0.1) is 10.6 Å². The number of halogens is 2. The Morgan fingerprint density at radius 1 is 1.35 bits per heavy atom. The highest BCUT2D eigenvalue weighted by Gasteiger charge is 2.44. The number of carboxylic acid groups (broad SMARTS) is 1. The average Bonchev–Trinajstić information content (AvgIpc) is 2.92. The molecule has 2 N–H and O–H groups in total. The predicted molar refractivity (Wildman–Crippen MR) is 83.0 cm³/mol. The van der Waals surface area contributed by atoms with Crippen LogP contribution in [0.4, 0.5) is 4.39 Å². The quantitative estimate of drug-likeness (QED) is 0.865. The van der Waals surface area contributed by atoms with Gasteiger partial charge >= 0.3 is 5.97 Å². The molecule has 1 aromatic carbocycles. The summed E-state index contributed by atoms with van der Waals surface area (Å²) in [6.45, 7) is 1.61. The van der Waals surface area contributed by atoms with E-state index in [-0.39, 0.29) is 16.0 Å². The number of benzene rings is 1. The Morgan fingerprint density at radius 3 is 2.61 bits per heavy atom. The number of aliphatic carboxylic acids is 1. The molecular weight excluding hydrogens is 323 g/mol. The maximum atomic E-state index is 13.9. The first-order chi connectivity index (χ1) is 10.9. The lowest BCUT2D eigenvalue weighted by Gasteiger charge is -2.39. The number of nitrogens with one attached hydrogen (secondary N) is 1. The van der Waals surface area contributed by atoms with Crippen molar-refractivity contribution in [3.05, 3.63) is 34.6 Å². The number of hydrogen-bond donors (Lipinski definition) is 2. The van der Waals surface area contributed by atoms with Crippen molar-refractivity contribution < 1.29 is 19.1 Å². The fourth-order valence-electron chi connectivity index (χ4n) is 3.52. The van der Waals surface area contributed by atoms with E-state index in [1.807, 2.05) is 0 Å². The molecule has 0 aromatic heterocycles. The predicted octanol–water partition coefficient (Wildman–Crippen LogP) is 2.15. The van der Waals surface area contributed by atoms with Crippen molar-refractivity contribution in [1.82, 2.24) is 10.2 Å². The SMILES string of the molecule is O=C(O)[C@H]1CC2(CCN(C(=O)c3c(F)cccc3Cl)CC2)CN1. The molecule has 2 fully saturated rings. The van der Waals surface area contributed by atoms with Crippen LogP contribution < -0.4 is 5.32 Å². The molecule has 2 saturated heterocycles. The van der Waals surface area contributed by atoms with E-state index in [0.29, 0.717) is 38.9 Å². The van der Waals surface area contributed by atoms with Gasteiger partial charge in [0.2, 0.25) is 0 Å². The highest BCUT2D eigenvalue weighted by Crippen LogP contribution is 2.39. The molecule has 2 aliphatic rings. The minimum Gasteiger partial charge on any atom is -0.480 e. The van der Waals surface area contributed by atoms with Gasteiger partial charge in [-0.25, -0.2) is 4.39 Å². The summed E-state index contributed by atoms with van der Waals surface area (Å²) >= 11 is 5.96. The number of rotatable bonds is 2.